The first-order valence-electron chi connectivity index (χ1n) is 7.05. The molecule has 0 spiro atoms. The lowest BCUT2D eigenvalue weighted by Gasteiger charge is -2.23. The van der Waals surface area contributed by atoms with E-state index in [4.69, 9.17) is 5.11 Å². The molecule has 2 N–H and O–H groups in total. The Morgan fingerprint density at radius 1 is 1.50 bits per heavy atom. The van der Waals surface area contributed by atoms with Crippen molar-refractivity contribution in [3.05, 3.63) is 28.4 Å². The number of hydrogen-bond acceptors (Lipinski definition) is 5. The van der Waals surface area contributed by atoms with Gasteiger partial charge in [0.1, 0.15) is 6.33 Å². The van der Waals surface area contributed by atoms with E-state index in [0.29, 0.717) is 18.4 Å². The Labute approximate surface area is 116 Å². The molecule has 1 fully saturated rings. The summed E-state index contributed by atoms with van der Waals surface area (Å²) < 4.78 is 1.33. The van der Waals surface area contributed by atoms with Crippen LogP contribution < -0.4 is 5.56 Å². The number of fused-ring (bicyclic) bond motifs is 1. The van der Waals surface area contributed by atoms with Crippen LogP contribution in [0.1, 0.15) is 31.4 Å². The number of hydrogen-bond donors (Lipinski definition) is 2. The van der Waals surface area contributed by atoms with E-state index in [1.54, 1.807) is 6.07 Å². The van der Waals surface area contributed by atoms with E-state index in [9.17, 15) is 4.79 Å². The zero-order chi connectivity index (χ0) is 13.9. The average Bonchev–Trinajstić information content (AvgIpc) is 3.05. The van der Waals surface area contributed by atoms with Gasteiger partial charge in [-0.25, -0.2) is 9.97 Å². The fourth-order valence-corrected chi connectivity index (χ4v) is 2.91. The van der Waals surface area contributed by atoms with Gasteiger partial charge in [0.05, 0.1) is 5.69 Å². The van der Waals surface area contributed by atoms with Crippen LogP contribution in [-0.2, 0) is 6.54 Å². The zero-order valence-corrected chi connectivity index (χ0v) is 11.3. The van der Waals surface area contributed by atoms with Crippen molar-refractivity contribution in [3.8, 4) is 0 Å². The molecule has 0 radical (unpaired) electrons. The molecule has 0 aliphatic carbocycles. The lowest BCUT2D eigenvalue weighted by Crippen LogP contribution is -2.30. The largest absolute Gasteiger partial charge is 0.396 e. The molecule has 0 aromatic carbocycles. The minimum absolute atomic E-state index is 0.131. The van der Waals surface area contributed by atoms with Crippen molar-refractivity contribution >= 4 is 5.78 Å². The normalized spacial score (nSPS) is 19.9. The molecule has 3 heterocycles. The molecule has 2 aromatic heterocycles. The van der Waals surface area contributed by atoms with Crippen LogP contribution in [0.4, 0.5) is 0 Å². The van der Waals surface area contributed by atoms with E-state index >= 15 is 0 Å². The Balaban J connectivity index is 1.76. The van der Waals surface area contributed by atoms with Gasteiger partial charge in [-0.2, -0.15) is 4.52 Å². The first-order valence-corrected chi connectivity index (χ1v) is 7.05. The molecule has 3 rings (SSSR count). The van der Waals surface area contributed by atoms with Gasteiger partial charge in [0.25, 0.3) is 11.3 Å². The molecule has 7 heteroatoms. The van der Waals surface area contributed by atoms with Crippen molar-refractivity contribution in [2.24, 2.45) is 0 Å². The third-order valence-corrected chi connectivity index (χ3v) is 3.88. The molecule has 0 saturated carbocycles. The Bertz CT molecular complexity index is 635. The highest BCUT2D eigenvalue weighted by Gasteiger charge is 2.24. The minimum Gasteiger partial charge on any atom is -0.396 e. The van der Waals surface area contributed by atoms with Crippen molar-refractivity contribution in [2.75, 3.05) is 13.2 Å². The second-order valence-electron chi connectivity index (χ2n) is 5.24. The summed E-state index contributed by atoms with van der Waals surface area (Å²) in [7, 11) is 0. The van der Waals surface area contributed by atoms with Gasteiger partial charge < -0.3 is 5.11 Å². The van der Waals surface area contributed by atoms with Crippen LogP contribution in [0.15, 0.2) is 17.2 Å². The number of aliphatic hydroxyl groups is 1. The molecular weight excluding hydrogens is 258 g/mol. The van der Waals surface area contributed by atoms with Gasteiger partial charge >= 0.3 is 0 Å². The van der Waals surface area contributed by atoms with Crippen LogP contribution in [0.3, 0.4) is 0 Å². The van der Waals surface area contributed by atoms with Crippen LogP contribution in [0.25, 0.3) is 5.78 Å². The number of aromatic nitrogens is 4. The van der Waals surface area contributed by atoms with Crippen LogP contribution in [-0.4, -0.2) is 48.8 Å². The summed E-state index contributed by atoms with van der Waals surface area (Å²) in [6.07, 6.45) is 5.62. The molecule has 1 unspecified atom stereocenters. The number of nitrogens with one attached hydrogen (secondary N) is 1. The molecule has 1 saturated heterocycles. The predicted octanol–water partition coefficient (Wildman–Crippen LogP) is 0.154. The minimum atomic E-state index is -0.131. The molecule has 108 valence electrons. The van der Waals surface area contributed by atoms with Crippen molar-refractivity contribution in [1.82, 2.24) is 24.5 Å². The summed E-state index contributed by atoms with van der Waals surface area (Å²) in [6, 6.07) is 2.05. The SMILES string of the molecule is O=c1cc(CN2CCCC2CCCO)nc2nc[nH]n12. The number of rotatable bonds is 5. The quantitative estimate of drug-likeness (QED) is 0.812. The van der Waals surface area contributed by atoms with E-state index in [1.165, 1.54) is 17.3 Å². The Kier molecular flexibility index (Phi) is 3.79. The molecular formula is C13H19N5O2. The maximum atomic E-state index is 11.9. The van der Waals surface area contributed by atoms with Crippen LogP contribution in [0.5, 0.6) is 0 Å². The topological polar surface area (TPSA) is 86.5 Å². The third kappa shape index (κ3) is 2.59. The zero-order valence-electron chi connectivity index (χ0n) is 11.3. The number of aliphatic hydroxyl groups excluding tert-OH is 1. The summed E-state index contributed by atoms with van der Waals surface area (Å²) in [6.45, 7) is 1.94. The van der Waals surface area contributed by atoms with Gasteiger partial charge in [0.2, 0.25) is 0 Å². The van der Waals surface area contributed by atoms with E-state index in [2.05, 4.69) is 20.0 Å². The number of H-pyrrole nitrogens is 1. The molecule has 1 aliphatic rings. The molecule has 7 nitrogen and oxygen atoms in total. The van der Waals surface area contributed by atoms with Gasteiger partial charge in [0, 0.05) is 25.3 Å². The summed E-state index contributed by atoms with van der Waals surface area (Å²) in [5.74, 6) is 0.415. The van der Waals surface area contributed by atoms with Crippen molar-refractivity contribution in [1.29, 1.82) is 0 Å². The molecule has 0 bridgehead atoms. The molecule has 1 aliphatic heterocycles. The molecule has 1 atom stereocenters. The lowest BCUT2D eigenvalue weighted by atomic mass is 10.1. The lowest BCUT2D eigenvalue weighted by molar-refractivity contribution is 0.208. The second kappa shape index (κ2) is 5.72. The summed E-state index contributed by atoms with van der Waals surface area (Å²) in [4.78, 5) is 22.7. The van der Waals surface area contributed by atoms with Crippen molar-refractivity contribution in [3.63, 3.8) is 0 Å². The van der Waals surface area contributed by atoms with Crippen LogP contribution in [0.2, 0.25) is 0 Å². The highest BCUT2D eigenvalue weighted by Crippen LogP contribution is 2.22. The van der Waals surface area contributed by atoms with Gasteiger partial charge in [-0.3, -0.25) is 14.8 Å². The van der Waals surface area contributed by atoms with Gasteiger partial charge in [-0.05, 0) is 32.2 Å². The third-order valence-electron chi connectivity index (χ3n) is 3.88. The van der Waals surface area contributed by atoms with E-state index in [-0.39, 0.29) is 12.2 Å². The first kappa shape index (κ1) is 13.3. The van der Waals surface area contributed by atoms with E-state index < -0.39 is 0 Å². The standard InChI is InChI=1S/C13H19N5O2/c19-6-2-4-11-3-1-5-17(11)8-10-7-12(20)18-13(16-10)14-9-15-18/h7,9,11,19H,1-6,8H2,(H,14,15,16). The summed E-state index contributed by atoms with van der Waals surface area (Å²) >= 11 is 0. The van der Waals surface area contributed by atoms with Gasteiger partial charge in [-0.15, -0.1) is 0 Å². The predicted molar refractivity (Wildman–Crippen MR) is 73.4 cm³/mol. The number of aromatic amines is 1. The number of nitrogens with zero attached hydrogens (tertiary/aromatic N) is 4. The molecule has 2 aromatic rings. The van der Waals surface area contributed by atoms with E-state index in [1.807, 2.05) is 0 Å². The molecule has 0 amide bonds. The van der Waals surface area contributed by atoms with Crippen molar-refractivity contribution < 1.29 is 5.11 Å². The second-order valence-corrected chi connectivity index (χ2v) is 5.24. The average molecular weight is 277 g/mol. The fraction of sp³-hybridized carbons (Fsp3) is 0.615. The van der Waals surface area contributed by atoms with Gasteiger partial charge in [-0.1, -0.05) is 0 Å². The summed E-state index contributed by atoms with van der Waals surface area (Å²) in [5.41, 5.74) is 0.631. The Morgan fingerprint density at radius 2 is 2.40 bits per heavy atom. The fourth-order valence-electron chi connectivity index (χ4n) is 2.91. The first-order chi connectivity index (χ1) is 9.78. The number of likely N-dealkylation sites (tertiary alicyclic amines) is 1. The van der Waals surface area contributed by atoms with E-state index in [0.717, 1.165) is 31.5 Å². The Hall–Kier alpha value is -1.73. The maximum Gasteiger partial charge on any atom is 0.274 e. The monoisotopic (exact) mass is 277 g/mol. The highest BCUT2D eigenvalue weighted by atomic mass is 16.2. The smallest absolute Gasteiger partial charge is 0.274 e. The van der Waals surface area contributed by atoms with Crippen molar-refractivity contribution in [2.45, 2.75) is 38.3 Å². The van der Waals surface area contributed by atoms with Crippen LogP contribution >= 0.6 is 0 Å². The Morgan fingerprint density at radius 3 is 3.25 bits per heavy atom. The highest BCUT2D eigenvalue weighted by molar-refractivity contribution is 5.26. The van der Waals surface area contributed by atoms with Gasteiger partial charge in [0.15, 0.2) is 0 Å². The van der Waals surface area contributed by atoms with Crippen LogP contribution in [0, 0.1) is 0 Å². The molecule has 20 heavy (non-hydrogen) atoms. The summed E-state index contributed by atoms with van der Waals surface area (Å²) in [5, 5.41) is 11.7. The maximum absolute atomic E-state index is 11.9.